The number of carbonyl (C=O) groups is 1. The van der Waals surface area contributed by atoms with E-state index in [0.717, 1.165) is 30.0 Å². The molecule has 5 heteroatoms. The number of fused-ring (bicyclic) bond motifs is 2. The van der Waals surface area contributed by atoms with Gasteiger partial charge in [-0.15, -0.1) is 0 Å². The highest BCUT2D eigenvalue weighted by atomic mass is 16.7. The first-order chi connectivity index (χ1) is 9.28. The summed E-state index contributed by atoms with van der Waals surface area (Å²) in [5, 5.41) is 3.36. The third kappa shape index (κ3) is 2.38. The average Bonchev–Trinajstić information content (AvgIpc) is 2.84. The van der Waals surface area contributed by atoms with Crippen molar-refractivity contribution < 1.29 is 19.0 Å². The zero-order chi connectivity index (χ0) is 13.2. The molecule has 2 heterocycles. The van der Waals surface area contributed by atoms with Crippen molar-refractivity contribution in [3.8, 4) is 11.5 Å². The fourth-order valence-electron chi connectivity index (χ4n) is 2.60. The third-order valence-corrected chi connectivity index (χ3v) is 3.47. The number of hydrogen-bond acceptors (Lipinski definition) is 5. The maximum Gasteiger partial charge on any atom is 0.307 e. The summed E-state index contributed by atoms with van der Waals surface area (Å²) >= 11 is 0. The molecular weight excluding hydrogens is 246 g/mol. The van der Waals surface area contributed by atoms with Crippen LogP contribution in [0.4, 0.5) is 0 Å². The van der Waals surface area contributed by atoms with Crippen LogP contribution in [0.1, 0.15) is 30.5 Å². The van der Waals surface area contributed by atoms with Gasteiger partial charge in [-0.3, -0.25) is 4.79 Å². The lowest BCUT2D eigenvalue weighted by Crippen LogP contribution is -2.31. The number of carbonyl (C=O) groups excluding carboxylic acids is 1. The molecule has 1 unspecified atom stereocenters. The smallest absolute Gasteiger partial charge is 0.307 e. The second-order valence-electron chi connectivity index (χ2n) is 4.67. The summed E-state index contributed by atoms with van der Waals surface area (Å²) < 4.78 is 15.8. The van der Waals surface area contributed by atoms with Crippen LogP contribution in [0.3, 0.4) is 0 Å². The van der Waals surface area contributed by atoms with Crippen molar-refractivity contribution in [1.29, 1.82) is 0 Å². The van der Waals surface area contributed by atoms with Gasteiger partial charge in [-0.1, -0.05) is 0 Å². The van der Waals surface area contributed by atoms with Gasteiger partial charge in [0.05, 0.1) is 13.0 Å². The summed E-state index contributed by atoms with van der Waals surface area (Å²) in [5.41, 5.74) is 2.33. The van der Waals surface area contributed by atoms with Crippen LogP contribution in [0.15, 0.2) is 12.1 Å². The lowest BCUT2D eigenvalue weighted by Gasteiger charge is -2.26. The average molecular weight is 263 g/mol. The summed E-state index contributed by atoms with van der Waals surface area (Å²) in [4.78, 5) is 11.6. The zero-order valence-electron chi connectivity index (χ0n) is 10.9. The molecule has 19 heavy (non-hydrogen) atoms. The first-order valence-corrected chi connectivity index (χ1v) is 6.59. The molecule has 0 aliphatic carbocycles. The van der Waals surface area contributed by atoms with Crippen LogP contribution >= 0.6 is 0 Å². The first-order valence-electron chi connectivity index (χ1n) is 6.59. The van der Waals surface area contributed by atoms with Crippen LogP contribution in [0.5, 0.6) is 11.5 Å². The van der Waals surface area contributed by atoms with Crippen molar-refractivity contribution in [2.75, 3.05) is 19.9 Å². The van der Waals surface area contributed by atoms with E-state index < -0.39 is 0 Å². The SMILES string of the molecule is CCOC(=O)CC1NCCc2cc3c(cc21)OCO3. The van der Waals surface area contributed by atoms with Gasteiger partial charge in [0.1, 0.15) is 0 Å². The van der Waals surface area contributed by atoms with Crippen molar-refractivity contribution in [3.63, 3.8) is 0 Å². The molecule has 2 aliphatic heterocycles. The van der Waals surface area contributed by atoms with E-state index >= 15 is 0 Å². The van der Waals surface area contributed by atoms with E-state index in [0.29, 0.717) is 13.0 Å². The van der Waals surface area contributed by atoms with Gasteiger partial charge in [-0.25, -0.2) is 0 Å². The van der Waals surface area contributed by atoms with E-state index in [9.17, 15) is 4.79 Å². The number of hydrogen-bond donors (Lipinski definition) is 1. The molecule has 3 rings (SSSR count). The van der Waals surface area contributed by atoms with E-state index in [4.69, 9.17) is 14.2 Å². The highest BCUT2D eigenvalue weighted by Crippen LogP contribution is 2.38. The molecule has 0 aromatic heterocycles. The van der Waals surface area contributed by atoms with Crippen molar-refractivity contribution in [2.45, 2.75) is 25.8 Å². The quantitative estimate of drug-likeness (QED) is 0.839. The number of esters is 1. The molecule has 1 aromatic carbocycles. The number of benzene rings is 1. The predicted octanol–water partition coefficient (Wildman–Crippen LogP) is 1.56. The minimum Gasteiger partial charge on any atom is -0.466 e. The van der Waals surface area contributed by atoms with Crippen LogP contribution < -0.4 is 14.8 Å². The minimum atomic E-state index is -0.175. The van der Waals surface area contributed by atoms with Crippen LogP contribution in [0.25, 0.3) is 0 Å². The topological polar surface area (TPSA) is 56.8 Å². The van der Waals surface area contributed by atoms with Crippen LogP contribution in [-0.4, -0.2) is 25.9 Å². The maximum atomic E-state index is 11.6. The molecule has 5 nitrogen and oxygen atoms in total. The number of nitrogens with one attached hydrogen (secondary N) is 1. The molecule has 1 atom stereocenters. The molecule has 1 N–H and O–H groups in total. The fraction of sp³-hybridized carbons (Fsp3) is 0.500. The molecule has 0 amide bonds. The summed E-state index contributed by atoms with van der Waals surface area (Å²) in [5.74, 6) is 1.39. The van der Waals surface area contributed by atoms with E-state index in [1.54, 1.807) is 0 Å². The minimum absolute atomic E-state index is 0.00250. The van der Waals surface area contributed by atoms with E-state index in [-0.39, 0.29) is 18.8 Å². The predicted molar refractivity (Wildman–Crippen MR) is 68.3 cm³/mol. The largest absolute Gasteiger partial charge is 0.466 e. The summed E-state index contributed by atoms with van der Waals surface area (Å²) in [7, 11) is 0. The third-order valence-electron chi connectivity index (χ3n) is 3.47. The van der Waals surface area contributed by atoms with E-state index in [2.05, 4.69) is 5.32 Å². The highest BCUT2D eigenvalue weighted by Gasteiger charge is 2.26. The Labute approximate surface area is 111 Å². The fourth-order valence-corrected chi connectivity index (χ4v) is 2.60. The van der Waals surface area contributed by atoms with Gasteiger partial charge >= 0.3 is 5.97 Å². The first kappa shape index (κ1) is 12.3. The van der Waals surface area contributed by atoms with Crippen molar-refractivity contribution in [2.24, 2.45) is 0 Å². The van der Waals surface area contributed by atoms with E-state index in [1.165, 1.54) is 5.56 Å². The Bertz CT molecular complexity index is 500. The lowest BCUT2D eigenvalue weighted by molar-refractivity contribution is -0.143. The molecule has 0 saturated heterocycles. The van der Waals surface area contributed by atoms with Gasteiger partial charge in [0.25, 0.3) is 0 Å². The summed E-state index contributed by atoms with van der Waals surface area (Å²) in [6, 6.07) is 4.00. The van der Waals surface area contributed by atoms with Crippen molar-refractivity contribution >= 4 is 5.97 Å². The Hall–Kier alpha value is -1.75. The van der Waals surface area contributed by atoms with Crippen molar-refractivity contribution in [1.82, 2.24) is 5.32 Å². The van der Waals surface area contributed by atoms with Gasteiger partial charge in [-0.05, 0) is 43.1 Å². The Morgan fingerprint density at radius 1 is 1.42 bits per heavy atom. The summed E-state index contributed by atoms with van der Waals surface area (Å²) in [6.07, 6.45) is 1.28. The molecule has 0 fully saturated rings. The van der Waals surface area contributed by atoms with Crippen molar-refractivity contribution in [3.05, 3.63) is 23.3 Å². The molecule has 0 saturated carbocycles. The monoisotopic (exact) mass is 263 g/mol. The van der Waals surface area contributed by atoms with E-state index in [1.807, 2.05) is 19.1 Å². The van der Waals surface area contributed by atoms with Gasteiger partial charge < -0.3 is 19.5 Å². The Kier molecular flexibility index (Phi) is 3.29. The lowest BCUT2D eigenvalue weighted by atomic mass is 9.92. The zero-order valence-corrected chi connectivity index (χ0v) is 10.9. The molecule has 2 aliphatic rings. The molecular formula is C14H17NO4. The molecule has 1 aromatic rings. The Morgan fingerprint density at radius 2 is 2.21 bits per heavy atom. The Balaban J connectivity index is 1.85. The highest BCUT2D eigenvalue weighted by molar-refractivity contribution is 5.71. The maximum absolute atomic E-state index is 11.6. The van der Waals surface area contributed by atoms with Crippen LogP contribution in [0, 0.1) is 0 Å². The summed E-state index contributed by atoms with van der Waals surface area (Å²) in [6.45, 7) is 3.36. The second-order valence-corrected chi connectivity index (χ2v) is 4.67. The van der Waals surface area contributed by atoms with Gasteiger partial charge in [0.15, 0.2) is 11.5 Å². The van der Waals surface area contributed by atoms with Crippen LogP contribution in [-0.2, 0) is 16.0 Å². The molecule has 102 valence electrons. The standard InChI is InChI=1S/C14H17NO4/c1-2-17-14(16)7-11-10-6-13-12(18-8-19-13)5-9(10)3-4-15-11/h5-6,11,15H,2-4,7-8H2,1H3. The van der Waals surface area contributed by atoms with Crippen LogP contribution in [0.2, 0.25) is 0 Å². The van der Waals surface area contributed by atoms with Gasteiger partial charge in [0, 0.05) is 6.04 Å². The second kappa shape index (κ2) is 5.09. The Morgan fingerprint density at radius 3 is 3.00 bits per heavy atom. The van der Waals surface area contributed by atoms with Gasteiger partial charge in [0.2, 0.25) is 6.79 Å². The molecule has 0 radical (unpaired) electrons. The number of rotatable bonds is 3. The molecule has 0 spiro atoms. The normalized spacial score (nSPS) is 19.9. The van der Waals surface area contributed by atoms with Gasteiger partial charge in [-0.2, -0.15) is 0 Å². The number of ether oxygens (including phenoxy) is 3. The molecule has 0 bridgehead atoms.